The number of hydrogen-bond acceptors (Lipinski definition) is 2. The van der Waals surface area contributed by atoms with Crippen LogP contribution >= 0.6 is 45.0 Å². The average molecular weight is 291 g/mol. The Morgan fingerprint density at radius 1 is 1.00 bits per heavy atom. The SMILES string of the molecule is N#CSCCCCCCC[Si](Cl)(Cl)Cl. The molecule has 0 aromatic rings. The molecule has 0 heterocycles. The molecule has 0 aromatic heterocycles. The first kappa shape index (κ1) is 14.9. The molecule has 0 aromatic carbocycles. The van der Waals surface area contributed by atoms with Crippen LogP contribution in [-0.2, 0) is 0 Å². The fourth-order valence-electron chi connectivity index (χ4n) is 1.08. The van der Waals surface area contributed by atoms with Crippen molar-refractivity contribution in [3.05, 3.63) is 0 Å². The van der Waals surface area contributed by atoms with Crippen LogP contribution in [0.15, 0.2) is 0 Å². The van der Waals surface area contributed by atoms with Gasteiger partial charge in [-0.3, -0.25) is 0 Å². The summed E-state index contributed by atoms with van der Waals surface area (Å²) in [7, 11) is 0. The Balaban J connectivity index is 3.04. The minimum absolute atomic E-state index is 0.768. The van der Waals surface area contributed by atoms with Gasteiger partial charge in [0.1, 0.15) is 5.40 Å². The van der Waals surface area contributed by atoms with E-state index in [1.807, 2.05) is 0 Å². The van der Waals surface area contributed by atoms with E-state index < -0.39 is 6.00 Å². The molecule has 0 amide bonds. The van der Waals surface area contributed by atoms with Crippen molar-refractivity contribution in [1.29, 1.82) is 5.26 Å². The first-order chi connectivity index (χ1) is 6.56. The second-order valence-corrected chi connectivity index (χ2v) is 13.2. The van der Waals surface area contributed by atoms with Gasteiger partial charge in [-0.25, -0.2) is 0 Å². The fourth-order valence-corrected chi connectivity index (χ4v) is 3.37. The van der Waals surface area contributed by atoms with Gasteiger partial charge in [0.05, 0.1) is 0 Å². The molecule has 0 atom stereocenters. The summed E-state index contributed by atoms with van der Waals surface area (Å²) >= 11 is 18.6. The summed E-state index contributed by atoms with van der Waals surface area (Å²) in [6.07, 6.45) is 5.63. The monoisotopic (exact) mass is 289 g/mol. The van der Waals surface area contributed by atoms with Crippen molar-refractivity contribution in [2.24, 2.45) is 0 Å². The van der Waals surface area contributed by atoms with Crippen LogP contribution in [-0.4, -0.2) is 11.8 Å². The summed E-state index contributed by atoms with van der Waals surface area (Å²) in [4.78, 5) is 0. The molecule has 0 saturated heterocycles. The lowest BCUT2D eigenvalue weighted by Gasteiger charge is -2.06. The minimum atomic E-state index is -2.37. The zero-order valence-electron chi connectivity index (χ0n) is 7.94. The molecule has 82 valence electrons. The third-order valence-corrected chi connectivity index (χ3v) is 5.01. The Labute approximate surface area is 105 Å². The standard InChI is InChI=1S/C8H14Cl3NSSi/c9-14(10,11)7-5-3-1-2-4-6-13-8-12/h1-7H2. The molecule has 6 heteroatoms. The van der Waals surface area contributed by atoms with Crippen LogP contribution in [0.3, 0.4) is 0 Å². The molecule has 1 nitrogen and oxygen atoms in total. The van der Waals surface area contributed by atoms with E-state index in [1.54, 1.807) is 0 Å². The maximum absolute atomic E-state index is 8.27. The number of thioether (sulfide) groups is 1. The van der Waals surface area contributed by atoms with E-state index in [1.165, 1.54) is 24.6 Å². The molecule has 0 fully saturated rings. The highest BCUT2D eigenvalue weighted by molar-refractivity contribution is 8.03. The highest BCUT2D eigenvalue weighted by atomic mass is 35.8. The van der Waals surface area contributed by atoms with Gasteiger partial charge >= 0.3 is 6.00 Å². The van der Waals surface area contributed by atoms with E-state index in [4.69, 9.17) is 38.5 Å². The fraction of sp³-hybridized carbons (Fsp3) is 0.875. The van der Waals surface area contributed by atoms with E-state index >= 15 is 0 Å². The molecule has 0 saturated carbocycles. The molecule has 0 aliphatic rings. The lowest BCUT2D eigenvalue weighted by Crippen LogP contribution is -2.07. The molecule has 0 unspecified atom stereocenters. The Hall–Kier alpha value is 0.927. The van der Waals surface area contributed by atoms with Gasteiger partial charge in [-0.15, -0.1) is 33.2 Å². The van der Waals surface area contributed by atoms with Crippen molar-refractivity contribution in [3.8, 4) is 5.40 Å². The number of unbranched alkanes of at least 4 members (excludes halogenated alkanes) is 4. The van der Waals surface area contributed by atoms with E-state index in [0.29, 0.717) is 0 Å². The third kappa shape index (κ3) is 12.9. The van der Waals surface area contributed by atoms with Crippen LogP contribution in [0, 0.1) is 10.7 Å². The molecule has 0 radical (unpaired) electrons. The van der Waals surface area contributed by atoms with E-state index in [-0.39, 0.29) is 0 Å². The molecule has 0 spiro atoms. The van der Waals surface area contributed by atoms with Crippen molar-refractivity contribution in [1.82, 2.24) is 0 Å². The summed E-state index contributed by atoms with van der Waals surface area (Å²) < 4.78 is 0. The zero-order valence-corrected chi connectivity index (χ0v) is 12.0. The molecule has 0 aliphatic carbocycles. The van der Waals surface area contributed by atoms with Crippen molar-refractivity contribution < 1.29 is 0 Å². The number of halogens is 3. The first-order valence-electron chi connectivity index (χ1n) is 4.64. The van der Waals surface area contributed by atoms with Crippen molar-refractivity contribution in [2.45, 2.75) is 38.1 Å². The number of thiocyanates is 1. The number of hydrogen-bond donors (Lipinski definition) is 0. The molecule has 0 aliphatic heterocycles. The van der Waals surface area contributed by atoms with Gasteiger partial charge in [0.2, 0.25) is 0 Å². The van der Waals surface area contributed by atoms with Gasteiger partial charge in [0, 0.05) is 5.75 Å². The predicted octanol–water partition coefficient (Wildman–Crippen LogP) is 4.81. The van der Waals surface area contributed by atoms with Crippen LogP contribution in [0.2, 0.25) is 6.04 Å². The molecular weight excluding hydrogens is 277 g/mol. The Morgan fingerprint density at radius 2 is 1.57 bits per heavy atom. The van der Waals surface area contributed by atoms with Crippen LogP contribution in [0.25, 0.3) is 0 Å². The van der Waals surface area contributed by atoms with Gasteiger partial charge < -0.3 is 0 Å². The topological polar surface area (TPSA) is 23.8 Å². The molecule has 0 N–H and O–H groups in total. The molecule has 0 rings (SSSR count). The van der Waals surface area contributed by atoms with Crippen LogP contribution in [0.1, 0.15) is 32.1 Å². The van der Waals surface area contributed by atoms with Gasteiger partial charge in [-0.1, -0.05) is 25.7 Å². The largest absolute Gasteiger partial charge is 0.341 e. The van der Waals surface area contributed by atoms with E-state index in [0.717, 1.165) is 31.1 Å². The number of nitrogens with zero attached hydrogens (tertiary/aromatic N) is 1. The maximum atomic E-state index is 8.27. The predicted molar refractivity (Wildman–Crippen MR) is 69.3 cm³/mol. The zero-order chi connectivity index (χ0) is 10.9. The van der Waals surface area contributed by atoms with Crippen molar-refractivity contribution >= 4 is 51.0 Å². The molecule has 14 heavy (non-hydrogen) atoms. The van der Waals surface area contributed by atoms with Crippen LogP contribution in [0.4, 0.5) is 0 Å². The summed E-state index contributed by atoms with van der Waals surface area (Å²) in [5, 5.41) is 10.3. The second kappa shape index (κ2) is 9.17. The van der Waals surface area contributed by atoms with E-state index in [2.05, 4.69) is 5.40 Å². The van der Waals surface area contributed by atoms with Crippen molar-refractivity contribution in [2.75, 3.05) is 5.75 Å². The smallest absolute Gasteiger partial charge is 0.185 e. The number of nitriles is 1. The lowest BCUT2D eigenvalue weighted by molar-refractivity contribution is 0.658. The molecular formula is C8H14Cl3NSSi. The molecule has 0 bridgehead atoms. The normalized spacial score (nSPS) is 11.3. The summed E-state index contributed by atoms with van der Waals surface area (Å²) in [6, 6.07) is -1.60. The highest BCUT2D eigenvalue weighted by Crippen LogP contribution is 2.27. The second-order valence-electron chi connectivity index (χ2n) is 3.07. The first-order valence-corrected chi connectivity index (χ1v) is 10.9. The Kier molecular flexibility index (Phi) is 9.78. The Morgan fingerprint density at radius 3 is 2.14 bits per heavy atom. The summed E-state index contributed by atoms with van der Waals surface area (Å²) in [5.41, 5.74) is 0. The van der Waals surface area contributed by atoms with Gasteiger partial charge in [-0.2, -0.15) is 5.26 Å². The van der Waals surface area contributed by atoms with Crippen LogP contribution in [0.5, 0.6) is 0 Å². The third-order valence-electron chi connectivity index (χ3n) is 1.77. The van der Waals surface area contributed by atoms with Gasteiger partial charge in [-0.05, 0) is 24.2 Å². The average Bonchev–Trinajstić information content (AvgIpc) is 2.08. The maximum Gasteiger partial charge on any atom is 0.341 e. The summed E-state index contributed by atoms with van der Waals surface area (Å²) in [5.74, 6) is 0.940. The van der Waals surface area contributed by atoms with Crippen LogP contribution < -0.4 is 0 Å². The van der Waals surface area contributed by atoms with E-state index in [9.17, 15) is 0 Å². The minimum Gasteiger partial charge on any atom is -0.185 e. The van der Waals surface area contributed by atoms with Gasteiger partial charge in [0.15, 0.2) is 0 Å². The van der Waals surface area contributed by atoms with Crippen molar-refractivity contribution in [3.63, 3.8) is 0 Å². The highest BCUT2D eigenvalue weighted by Gasteiger charge is 2.23. The quantitative estimate of drug-likeness (QED) is 0.277. The van der Waals surface area contributed by atoms with Gasteiger partial charge in [0.25, 0.3) is 0 Å². The number of rotatable bonds is 8. The summed E-state index contributed by atoms with van der Waals surface area (Å²) in [6.45, 7) is 0. The Bertz CT molecular complexity index is 178. The lowest BCUT2D eigenvalue weighted by atomic mass is 10.2.